The Labute approximate surface area is 119 Å². The lowest BCUT2D eigenvalue weighted by Gasteiger charge is -2.25. The molecule has 0 atom stereocenters. The summed E-state index contributed by atoms with van der Waals surface area (Å²) in [7, 11) is -3.68. The molecular weight excluding hydrogens is 288 g/mol. The molecular formula is C12H19ClN2O3S. The topological polar surface area (TPSA) is 79.3 Å². The summed E-state index contributed by atoms with van der Waals surface area (Å²) in [5.41, 5.74) is -0.437. The van der Waals surface area contributed by atoms with Gasteiger partial charge in [0.05, 0.1) is 5.60 Å². The summed E-state index contributed by atoms with van der Waals surface area (Å²) in [6.07, 6.45) is 2.16. The van der Waals surface area contributed by atoms with E-state index in [9.17, 15) is 13.5 Å². The number of hydrogen-bond acceptors (Lipinski definition) is 4. The van der Waals surface area contributed by atoms with Crippen molar-refractivity contribution in [2.24, 2.45) is 0 Å². The first-order chi connectivity index (χ1) is 8.74. The quantitative estimate of drug-likeness (QED) is 0.786. The first-order valence-electron chi connectivity index (χ1n) is 6.08. The van der Waals surface area contributed by atoms with Crippen LogP contribution >= 0.6 is 11.6 Å². The first-order valence-corrected chi connectivity index (χ1v) is 7.94. The van der Waals surface area contributed by atoms with Crippen LogP contribution in [0, 0.1) is 6.92 Å². The molecule has 0 spiro atoms. The lowest BCUT2D eigenvalue weighted by molar-refractivity contribution is 0.0377. The maximum Gasteiger partial charge on any atom is 0.242 e. The highest BCUT2D eigenvalue weighted by Crippen LogP contribution is 2.18. The largest absolute Gasteiger partial charge is 0.389 e. The van der Waals surface area contributed by atoms with Gasteiger partial charge in [-0.05, 0) is 31.4 Å². The summed E-state index contributed by atoms with van der Waals surface area (Å²) in [4.78, 5) is 3.86. The molecule has 0 aliphatic heterocycles. The Hall–Kier alpha value is -0.690. The van der Waals surface area contributed by atoms with Crippen molar-refractivity contribution in [2.45, 2.75) is 44.1 Å². The number of aryl methyl sites for hydroxylation is 1. The first kappa shape index (κ1) is 16.4. The summed E-state index contributed by atoms with van der Waals surface area (Å²) in [6.45, 7) is 5.28. The van der Waals surface area contributed by atoms with Crippen LogP contribution < -0.4 is 4.72 Å². The van der Waals surface area contributed by atoms with Gasteiger partial charge in [0.1, 0.15) is 10.0 Å². The number of sulfonamides is 1. The van der Waals surface area contributed by atoms with Gasteiger partial charge in [-0.15, -0.1) is 0 Å². The molecule has 0 saturated carbocycles. The van der Waals surface area contributed by atoms with Crippen LogP contribution in [0.1, 0.15) is 32.3 Å². The van der Waals surface area contributed by atoms with Crippen LogP contribution in [-0.2, 0) is 10.0 Å². The van der Waals surface area contributed by atoms with Crippen LogP contribution in [0.3, 0.4) is 0 Å². The molecule has 0 saturated heterocycles. The number of halogens is 1. The minimum atomic E-state index is -3.68. The number of hydrogen-bond donors (Lipinski definition) is 2. The Morgan fingerprint density at radius 1 is 1.42 bits per heavy atom. The lowest BCUT2D eigenvalue weighted by atomic mass is 9.98. The second-order valence-corrected chi connectivity index (χ2v) is 6.66. The molecule has 2 N–H and O–H groups in total. The lowest BCUT2D eigenvalue weighted by Crippen LogP contribution is -2.42. The van der Waals surface area contributed by atoms with Gasteiger partial charge < -0.3 is 5.11 Å². The smallest absolute Gasteiger partial charge is 0.242 e. The fraction of sp³-hybridized carbons (Fsp3) is 0.583. The Morgan fingerprint density at radius 3 is 2.47 bits per heavy atom. The van der Waals surface area contributed by atoms with E-state index in [1.54, 1.807) is 6.92 Å². The molecule has 7 heteroatoms. The van der Waals surface area contributed by atoms with Crippen LogP contribution in [0.5, 0.6) is 0 Å². The summed E-state index contributed by atoms with van der Waals surface area (Å²) in [5.74, 6) is 0. The second kappa shape index (κ2) is 6.17. The van der Waals surface area contributed by atoms with Gasteiger partial charge in [-0.25, -0.2) is 18.1 Å². The van der Waals surface area contributed by atoms with Crippen molar-refractivity contribution in [3.63, 3.8) is 0 Å². The number of rotatable bonds is 6. The van der Waals surface area contributed by atoms with Crippen LogP contribution in [0.2, 0.25) is 5.15 Å². The predicted octanol–water partition coefficient (Wildman–Crippen LogP) is 1.87. The van der Waals surface area contributed by atoms with E-state index in [4.69, 9.17) is 11.6 Å². The fourth-order valence-electron chi connectivity index (χ4n) is 1.49. The van der Waals surface area contributed by atoms with Gasteiger partial charge in [0, 0.05) is 12.7 Å². The van der Waals surface area contributed by atoms with E-state index in [1.807, 2.05) is 13.8 Å². The van der Waals surface area contributed by atoms with Gasteiger partial charge >= 0.3 is 0 Å². The van der Waals surface area contributed by atoms with Gasteiger partial charge in [-0.2, -0.15) is 0 Å². The molecule has 0 aromatic carbocycles. The van der Waals surface area contributed by atoms with Crippen molar-refractivity contribution >= 4 is 21.6 Å². The van der Waals surface area contributed by atoms with E-state index in [2.05, 4.69) is 9.71 Å². The zero-order valence-corrected chi connectivity index (χ0v) is 12.8. The molecule has 0 amide bonds. The number of aliphatic hydroxyl groups is 1. The van der Waals surface area contributed by atoms with E-state index < -0.39 is 15.6 Å². The van der Waals surface area contributed by atoms with E-state index in [0.717, 1.165) is 0 Å². The number of pyridine rings is 1. The number of nitrogens with zero attached hydrogens (tertiary/aromatic N) is 1. The van der Waals surface area contributed by atoms with Crippen molar-refractivity contribution in [2.75, 3.05) is 6.54 Å². The van der Waals surface area contributed by atoms with Gasteiger partial charge in [-0.3, -0.25) is 0 Å². The maximum atomic E-state index is 12.1. The molecule has 1 heterocycles. The molecule has 1 rings (SSSR count). The van der Waals surface area contributed by atoms with Crippen molar-refractivity contribution < 1.29 is 13.5 Å². The standard InChI is InChI=1S/C12H19ClN2O3S/c1-4-12(16,5-2)8-15-19(17,18)10-6-9(3)11(13)14-7-10/h6-7,15-16H,4-5,8H2,1-3H3. The van der Waals surface area contributed by atoms with Crippen molar-refractivity contribution in [3.05, 3.63) is 23.0 Å². The molecule has 1 aromatic rings. The van der Waals surface area contributed by atoms with Gasteiger partial charge in [0.2, 0.25) is 10.0 Å². The number of aromatic nitrogens is 1. The third kappa shape index (κ3) is 4.14. The molecule has 0 aliphatic carbocycles. The van der Waals surface area contributed by atoms with E-state index >= 15 is 0 Å². The zero-order chi connectivity index (χ0) is 14.7. The van der Waals surface area contributed by atoms with Gasteiger partial charge in [0.25, 0.3) is 0 Å². The Morgan fingerprint density at radius 2 is 2.00 bits per heavy atom. The summed E-state index contributed by atoms with van der Waals surface area (Å²) in [6, 6.07) is 1.45. The third-order valence-corrected chi connectivity index (χ3v) is 4.97. The van der Waals surface area contributed by atoms with Crippen molar-refractivity contribution in [1.29, 1.82) is 0 Å². The van der Waals surface area contributed by atoms with E-state index in [0.29, 0.717) is 18.4 Å². The van der Waals surface area contributed by atoms with Gasteiger partial charge in [0.15, 0.2) is 0 Å². The monoisotopic (exact) mass is 306 g/mol. The zero-order valence-electron chi connectivity index (χ0n) is 11.3. The molecule has 5 nitrogen and oxygen atoms in total. The average molecular weight is 307 g/mol. The van der Waals surface area contributed by atoms with E-state index in [-0.39, 0.29) is 16.6 Å². The molecule has 0 fully saturated rings. The fourth-order valence-corrected chi connectivity index (χ4v) is 2.74. The molecule has 0 radical (unpaired) electrons. The number of nitrogens with one attached hydrogen (secondary N) is 1. The molecule has 1 aromatic heterocycles. The Kier molecular flexibility index (Phi) is 5.32. The maximum absolute atomic E-state index is 12.1. The Balaban J connectivity index is 2.90. The summed E-state index contributed by atoms with van der Waals surface area (Å²) in [5, 5.41) is 10.3. The van der Waals surface area contributed by atoms with Crippen LogP contribution in [0.4, 0.5) is 0 Å². The minimum Gasteiger partial charge on any atom is -0.389 e. The molecule has 19 heavy (non-hydrogen) atoms. The highest BCUT2D eigenvalue weighted by Gasteiger charge is 2.25. The Bertz CT molecular complexity index is 542. The van der Waals surface area contributed by atoms with Crippen LogP contribution in [-0.4, -0.2) is 30.7 Å². The normalized spacial score (nSPS) is 12.7. The average Bonchev–Trinajstić information content (AvgIpc) is 2.39. The third-order valence-electron chi connectivity index (χ3n) is 3.21. The molecule has 0 bridgehead atoms. The second-order valence-electron chi connectivity index (χ2n) is 4.53. The van der Waals surface area contributed by atoms with Gasteiger partial charge in [-0.1, -0.05) is 25.4 Å². The summed E-state index contributed by atoms with van der Waals surface area (Å²) >= 11 is 5.76. The van der Waals surface area contributed by atoms with Crippen LogP contribution in [0.25, 0.3) is 0 Å². The molecule has 108 valence electrons. The highest BCUT2D eigenvalue weighted by molar-refractivity contribution is 7.89. The SMILES string of the molecule is CCC(O)(CC)CNS(=O)(=O)c1cnc(Cl)c(C)c1. The summed E-state index contributed by atoms with van der Waals surface area (Å²) < 4.78 is 26.5. The van der Waals surface area contributed by atoms with Crippen molar-refractivity contribution in [3.8, 4) is 0 Å². The minimum absolute atomic E-state index is 0.0238. The van der Waals surface area contributed by atoms with Crippen molar-refractivity contribution in [1.82, 2.24) is 9.71 Å². The molecule has 0 unspecified atom stereocenters. The van der Waals surface area contributed by atoms with Crippen LogP contribution in [0.15, 0.2) is 17.2 Å². The van der Waals surface area contributed by atoms with E-state index in [1.165, 1.54) is 12.3 Å². The molecule has 0 aliphatic rings. The highest BCUT2D eigenvalue weighted by atomic mass is 35.5. The predicted molar refractivity (Wildman–Crippen MR) is 74.7 cm³/mol.